The van der Waals surface area contributed by atoms with Crippen molar-refractivity contribution in [2.75, 3.05) is 11.1 Å². The molecule has 0 unspecified atom stereocenters. The number of nitrogens with two attached hydrogens (primary N) is 1. The molecule has 3 heterocycles. The van der Waals surface area contributed by atoms with Crippen molar-refractivity contribution in [3.05, 3.63) is 36.6 Å². The van der Waals surface area contributed by atoms with Gasteiger partial charge in [0.1, 0.15) is 12.1 Å². The van der Waals surface area contributed by atoms with Gasteiger partial charge in [0.05, 0.1) is 12.7 Å². The molecule has 0 aliphatic heterocycles. The molecule has 9 heteroatoms. The Morgan fingerprint density at radius 3 is 2.95 bits per heavy atom. The molecule has 21 heavy (non-hydrogen) atoms. The molecule has 0 radical (unpaired) electrons. The summed E-state index contributed by atoms with van der Waals surface area (Å²) in [6.45, 7) is 2.37. The Balaban J connectivity index is 1.76. The van der Waals surface area contributed by atoms with Crippen LogP contribution in [0.4, 0.5) is 11.9 Å². The Hall–Kier alpha value is -2.97. The van der Waals surface area contributed by atoms with Gasteiger partial charge in [-0.25, -0.2) is 9.97 Å². The highest BCUT2D eigenvalue weighted by Crippen LogP contribution is 2.09. The smallest absolute Gasteiger partial charge is 0.241 e. The quantitative estimate of drug-likeness (QED) is 0.706. The van der Waals surface area contributed by atoms with Gasteiger partial charge < -0.3 is 15.5 Å². The average Bonchev–Trinajstić information content (AvgIpc) is 3.16. The zero-order valence-corrected chi connectivity index (χ0v) is 11.4. The van der Waals surface area contributed by atoms with E-state index in [2.05, 4.69) is 30.2 Å². The number of aryl methyl sites for hydroxylation is 1. The summed E-state index contributed by atoms with van der Waals surface area (Å²) in [4.78, 5) is 20.4. The van der Waals surface area contributed by atoms with Gasteiger partial charge in [-0.05, 0) is 0 Å². The first kappa shape index (κ1) is 13.0. The number of nitrogens with zero attached hydrogens (tertiary/aromatic N) is 6. The Kier molecular flexibility index (Phi) is 3.46. The zero-order chi connectivity index (χ0) is 14.7. The van der Waals surface area contributed by atoms with E-state index in [0.29, 0.717) is 24.3 Å². The van der Waals surface area contributed by atoms with Crippen LogP contribution in [-0.4, -0.2) is 29.5 Å². The molecule has 108 valence electrons. The highest BCUT2D eigenvalue weighted by molar-refractivity contribution is 5.35. The van der Waals surface area contributed by atoms with E-state index >= 15 is 0 Å². The van der Waals surface area contributed by atoms with Crippen molar-refractivity contribution < 1.29 is 4.42 Å². The van der Waals surface area contributed by atoms with Gasteiger partial charge in [-0.2, -0.15) is 15.0 Å². The number of aromatic nitrogens is 6. The third kappa shape index (κ3) is 2.96. The van der Waals surface area contributed by atoms with Crippen LogP contribution in [0.1, 0.15) is 18.6 Å². The maximum Gasteiger partial charge on any atom is 0.241 e. The molecule has 0 saturated heterocycles. The van der Waals surface area contributed by atoms with Crippen LogP contribution in [0.15, 0.2) is 29.3 Å². The standard InChI is InChI=1S/C12H14N8O/c1-2-8-5-15-9(21-8)6-16-11-17-10(13)18-12(19-11)20-4-3-14-7-20/h3-5,7H,2,6H2,1H3,(H3,13,16,17,18,19). The third-order valence-corrected chi connectivity index (χ3v) is 2.72. The van der Waals surface area contributed by atoms with Gasteiger partial charge in [0.25, 0.3) is 0 Å². The lowest BCUT2D eigenvalue weighted by atomic mass is 10.4. The zero-order valence-electron chi connectivity index (χ0n) is 11.4. The fourth-order valence-corrected chi connectivity index (χ4v) is 1.70. The van der Waals surface area contributed by atoms with Gasteiger partial charge in [-0.3, -0.25) is 4.57 Å². The second kappa shape index (κ2) is 5.57. The van der Waals surface area contributed by atoms with Crippen LogP contribution < -0.4 is 11.1 Å². The van der Waals surface area contributed by atoms with Gasteiger partial charge in [0.2, 0.25) is 23.7 Å². The Morgan fingerprint density at radius 2 is 2.24 bits per heavy atom. The van der Waals surface area contributed by atoms with E-state index < -0.39 is 0 Å². The molecule has 0 aromatic carbocycles. The molecule has 0 aliphatic carbocycles. The number of anilines is 2. The molecule has 3 N–H and O–H groups in total. The summed E-state index contributed by atoms with van der Waals surface area (Å²) >= 11 is 0. The van der Waals surface area contributed by atoms with E-state index in [-0.39, 0.29) is 5.95 Å². The van der Waals surface area contributed by atoms with Crippen molar-refractivity contribution in [1.82, 2.24) is 29.5 Å². The average molecular weight is 286 g/mol. The number of hydrogen-bond donors (Lipinski definition) is 2. The predicted octanol–water partition coefficient (Wildman–Crippen LogP) is 0.802. The lowest BCUT2D eigenvalue weighted by Crippen LogP contribution is -2.10. The second-order valence-electron chi connectivity index (χ2n) is 4.21. The van der Waals surface area contributed by atoms with Crippen molar-refractivity contribution in [3.8, 4) is 5.95 Å². The SMILES string of the molecule is CCc1cnc(CNc2nc(N)nc(-n3ccnc3)n2)o1. The van der Waals surface area contributed by atoms with E-state index in [1.54, 1.807) is 29.5 Å². The van der Waals surface area contributed by atoms with E-state index in [1.807, 2.05) is 6.92 Å². The van der Waals surface area contributed by atoms with Crippen molar-refractivity contribution in [1.29, 1.82) is 0 Å². The maximum absolute atomic E-state index is 5.69. The second-order valence-corrected chi connectivity index (χ2v) is 4.21. The molecule has 0 saturated carbocycles. The molecule has 0 amide bonds. The van der Waals surface area contributed by atoms with Gasteiger partial charge in [0, 0.05) is 18.8 Å². The van der Waals surface area contributed by atoms with E-state index in [9.17, 15) is 0 Å². The highest BCUT2D eigenvalue weighted by Gasteiger charge is 2.07. The van der Waals surface area contributed by atoms with Crippen molar-refractivity contribution in [2.45, 2.75) is 19.9 Å². The fraction of sp³-hybridized carbons (Fsp3) is 0.250. The van der Waals surface area contributed by atoms with Crippen LogP contribution in [0.25, 0.3) is 5.95 Å². The molecule has 9 nitrogen and oxygen atoms in total. The number of oxazole rings is 1. The first-order valence-corrected chi connectivity index (χ1v) is 6.42. The Labute approximate surface area is 120 Å². The molecule has 0 bridgehead atoms. The lowest BCUT2D eigenvalue weighted by molar-refractivity contribution is 0.465. The summed E-state index contributed by atoms with van der Waals surface area (Å²) in [6.07, 6.45) is 7.44. The molecule has 3 rings (SSSR count). The van der Waals surface area contributed by atoms with Gasteiger partial charge in [-0.15, -0.1) is 0 Å². The third-order valence-electron chi connectivity index (χ3n) is 2.72. The molecule has 0 spiro atoms. The lowest BCUT2D eigenvalue weighted by Gasteiger charge is -2.05. The van der Waals surface area contributed by atoms with E-state index in [0.717, 1.165) is 12.2 Å². The van der Waals surface area contributed by atoms with Gasteiger partial charge in [-0.1, -0.05) is 6.92 Å². The van der Waals surface area contributed by atoms with Crippen molar-refractivity contribution in [3.63, 3.8) is 0 Å². The summed E-state index contributed by atoms with van der Waals surface area (Å²) in [5.74, 6) is 2.26. The molecule has 3 aromatic heterocycles. The largest absolute Gasteiger partial charge is 0.444 e. The van der Waals surface area contributed by atoms with Crippen LogP contribution in [0.5, 0.6) is 0 Å². The highest BCUT2D eigenvalue weighted by atomic mass is 16.4. The van der Waals surface area contributed by atoms with Crippen molar-refractivity contribution in [2.24, 2.45) is 0 Å². The fourth-order valence-electron chi connectivity index (χ4n) is 1.70. The van der Waals surface area contributed by atoms with Crippen LogP contribution in [-0.2, 0) is 13.0 Å². The maximum atomic E-state index is 5.69. The summed E-state index contributed by atoms with van der Waals surface area (Å²) in [7, 11) is 0. The monoisotopic (exact) mass is 286 g/mol. The normalized spacial score (nSPS) is 10.7. The Bertz CT molecular complexity index is 721. The minimum Gasteiger partial charge on any atom is -0.444 e. The molecule has 3 aromatic rings. The molecule has 0 fully saturated rings. The molecule has 0 atom stereocenters. The summed E-state index contributed by atoms with van der Waals surface area (Å²) in [6, 6.07) is 0. The van der Waals surface area contributed by atoms with Crippen LogP contribution in [0.2, 0.25) is 0 Å². The van der Waals surface area contributed by atoms with Crippen molar-refractivity contribution >= 4 is 11.9 Å². The topological polar surface area (TPSA) is 121 Å². The van der Waals surface area contributed by atoms with Gasteiger partial charge in [0.15, 0.2) is 0 Å². The summed E-state index contributed by atoms with van der Waals surface area (Å²) in [5, 5.41) is 3.01. The minimum absolute atomic E-state index is 0.123. The first-order chi connectivity index (χ1) is 10.2. The first-order valence-electron chi connectivity index (χ1n) is 6.42. The number of rotatable bonds is 5. The van der Waals surface area contributed by atoms with E-state index in [1.165, 1.54) is 0 Å². The number of nitrogens with one attached hydrogen (secondary N) is 1. The van der Waals surface area contributed by atoms with E-state index in [4.69, 9.17) is 10.2 Å². The number of nitrogen functional groups attached to an aromatic ring is 1. The minimum atomic E-state index is 0.123. The van der Waals surface area contributed by atoms with Crippen LogP contribution in [0.3, 0.4) is 0 Å². The summed E-state index contributed by atoms with van der Waals surface area (Å²) < 4.78 is 7.14. The van der Waals surface area contributed by atoms with Crippen LogP contribution >= 0.6 is 0 Å². The van der Waals surface area contributed by atoms with Crippen LogP contribution in [0, 0.1) is 0 Å². The molecule has 0 aliphatic rings. The number of hydrogen-bond acceptors (Lipinski definition) is 8. The summed E-state index contributed by atoms with van der Waals surface area (Å²) in [5.41, 5.74) is 5.69. The number of imidazole rings is 1. The predicted molar refractivity (Wildman–Crippen MR) is 74.6 cm³/mol. The Morgan fingerprint density at radius 1 is 1.33 bits per heavy atom. The molecular weight excluding hydrogens is 272 g/mol. The molecular formula is C12H14N8O. The van der Waals surface area contributed by atoms with Gasteiger partial charge >= 0.3 is 0 Å².